The van der Waals surface area contributed by atoms with Crippen LogP contribution in [0.15, 0.2) is 54.6 Å². The van der Waals surface area contributed by atoms with Crippen molar-refractivity contribution < 1.29 is 4.79 Å². The van der Waals surface area contributed by atoms with E-state index in [0.717, 1.165) is 57.8 Å². The van der Waals surface area contributed by atoms with E-state index in [1.54, 1.807) is 0 Å². The number of piperazine rings is 1. The van der Waals surface area contributed by atoms with Crippen LogP contribution in [0.1, 0.15) is 57.1 Å². The highest BCUT2D eigenvalue weighted by Gasteiger charge is 2.29. The number of nitrogens with zero attached hydrogens (tertiary/aromatic N) is 3. The molecule has 1 unspecified atom stereocenters. The Bertz CT molecular complexity index is 881. The molecule has 0 bridgehead atoms. The van der Waals surface area contributed by atoms with Gasteiger partial charge in [-0.2, -0.15) is 0 Å². The number of rotatable bonds is 5. The van der Waals surface area contributed by atoms with Crippen molar-refractivity contribution in [1.82, 2.24) is 9.80 Å². The second kappa shape index (κ2) is 10.2. The standard InChI is InChI=1S/C28H39N3O/c1-28(2,3)15-17-29-18-20-30(21-19-29)22-27(32)31-16-9-13-24(23-10-5-4-6-11-23)25-12-7-8-14-26(25)31/h4-8,10-12,14,24H,9,13,15-22H2,1-3H3. The van der Waals surface area contributed by atoms with Gasteiger partial charge >= 0.3 is 0 Å². The zero-order valence-corrected chi connectivity index (χ0v) is 20.1. The number of para-hydroxylation sites is 1. The molecule has 2 heterocycles. The molecule has 0 spiro atoms. The van der Waals surface area contributed by atoms with E-state index in [1.165, 1.54) is 17.5 Å². The molecule has 1 amide bonds. The van der Waals surface area contributed by atoms with Gasteiger partial charge in [-0.1, -0.05) is 69.3 Å². The summed E-state index contributed by atoms with van der Waals surface area (Å²) in [4.78, 5) is 20.4. The van der Waals surface area contributed by atoms with Crippen molar-refractivity contribution in [3.05, 3.63) is 65.7 Å². The van der Waals surface area contributed by atoms with Gasteiger partial charge in [0.1, 0.15) is 0 Å². The Morgan fingerprint density at radius 3 is 2.25 bits per heavy atom. The van der Waals surface area contributed by atoms with Crippen LogP contribution in [0.2, 0.25) is 0 Å². The minimum absolute atomic E-state index is 0.245. The summed E-state index contributed by atoms with van der Waals surface area (Å²) in [5, 5.41) is 0. The quantitative estimate of drug-likeness (QED) is 0.664. The van der Waals surface area contributed by atoms with Gasteiger partial charge in [0.05, 0.1) is 6.54 Å². The maximum Gasteiger partial charge on any atom is 0.241 e. The molecule has 4 rings (SSSR count). The van der Waals surface area contributed by atoms with Crippen LogP contribution in [-0.2, 0) is 4.79 Å². The molecule has 2 aromatic carbocycles. The zero-order valence-electron chi connectivity index (χ0n) is 20.1. The Hall–Kier alpha value is -2.17. The average molecular weight is 434 g/mol. The number of carbonyl (C=O) groups excluding carboxylic acids is 1. The Balaban J connectivity index is 1.40. The molecule has 172 valence electrons. The Labute approximate surface area is 194 Å². The van der Waals surface area contributed by atoms with Gasteiger partial charge in [-0.3, -0.25) is 9.69 Å². The van der Waals surface area contributed by atoms with E-state index in [-0.39, 0.29) is 5.91 Å². The van der Waals surface area contributed by atoms with E-state index in [4.69, 9.17) is 0 Å². The van der Waals surface area contributed by atoms with Crippen molar-refractivity contribution >= 4 is 11.6 Å². The van der Waals surface area contributed by atoms with Crippen LogP contribution in [0.5, 0.6) is 0 Å². The fourth-order valence-electron chi connectivity index (χ4n) is 4.99. The maximum atomic E-state index is 13.4. The SMILES string of the molecule is CC(C)(C)CCN1CCN(CC(=O)N2CCCC(c3ccccc3)c3ccccc32)CC1. The molecule has 4 nitrogen and oxygen atoms in total. The molecular formula is C28H39N3O. The smallest absolute Gasteiger partial charge is 0.241 e. The van der Waals surface area contributed by atoms with Gasteiger partial charge in [-0.15, -0.1) is 0 Å². The van der Waals surface area contributed by atoms with Crippen molar-refractivity contribution in [2.75, 3.05) is 50.7 Å². The molecular weight excluding hydrogens is 394 g/mol. The van der Waals surface area contributed by atoms with Crippen LogP contribution >= 0.6 is 0 Å². The van der Waals surface area contributed by atoms with Gasteiger partial charge in [-0.25, -0.2) is 0 Å². The number of anilines is 1. The molecule has 0 N–H and O–H groups in total. The van der Waals surface area contributed by atoms with Crippen LogP contribution in [0.4, 0.5) is 5.69 Å². The van der Waals surface area contributed by atoms with Crippen molar-refractivity contribution in [1.29, 1.82) is 0 Å². The number of hydrogen-bond acceptors (Lipinski definition) is 3. The highest BCUT2D eigenvalue weighted by Crippen LogP contribution is 2.38. The third-order valence-corrected chi connectivity index (χ3v) is 6.98. The van der Waals surface area contributed by atoms with E-state index < -0.39 is 0 Å². The van der Waals surface area contributed by atoms with Crippen LogP contribution in [0.25, 0.3) is 0 Å². The average Bonchev–Trinajstić information content (AvgIpc) is 2.99. The topological polar surface area (TPSA) is 26.8 Å². The number of amides is 1. The van der Waals surface area contributed by atoms with Crippen LogP contribution in [0, 0.1) is 5.41 Å². The van der Waals surface area contributed by atoms with Gasteiger partial charge in [0.25, 0.3) is 0 Å². The molecule has 0 radical (unpaired) electrons. The van der Waals surface area contributed by atoms with Crippen molar-refractivity contribution in [3.63, 3.8) is 0 Å². The van der Waals surface area contributed by atoms with E-state index in [1.807, 2.05) is 0 Å². The van der Waals surface area contributed by atoms with Gasteiger partial charge in [0.2, 0.25) is 5.91 Å². The molecule has 0 aliphatic carbocycles. The normalized spacial score (nSPS) is 20.6. The van der Waals surface area contributed by atoms with Gasteiger partial charge in [-0.05, 0) is 48.4 Å². The second-order valence-corrected chi connectivity index (χ2v) is 10.6. The third-order valence-electron chi connectivity index (χ3n) is 6.98. The molecule has 2 aromatic rings. The molecule has 2 aliphatic heterocycles. The lowest BCUT2D eigenvalue weighted by molar-refractivity contribution is -0.120. The van der Waals surface area contributed by atoms with Crippen LogP contribution in [0.3, 0.4) is 0 Å². The molecule has 1 atom stereocenters. The van der Waals surface area contributed by atoms with Gasteiger partial charge in [0.15, 0.2) is 0 Å². The largest absolute Gasteiger partial charge is 0.311 e. The summed E-state index contributed by atoms with van der Waals surface area (Å²) in [7, 11) is 0. The van der Waals surface area contributed by atoms with Crippen molar-refractivity contribution in [3.8, 4) is 0 Å². The summed E-state index contributed by atoms with van der Waals surface area (Å²) in [5.41, 5.74) is 4.12. The summed E-state index contributed by atoms with van der Waals surface area (Å²) < 4.78 is 0. The first-order chi connectivity index (χ1) is 15.4. The first-order valence-corrected chi connectivity index (χ1v) is 12.3. The van der Waals surface area contributed by atoms with Crippen molar-refractivity contribution in [2.45, 2.75) is 46.0 Å². The number of carbonyl (C=O) groups is 1. The van der Waals surface area contributed by atoms with E-state index in [0.29, 0.717) is 17.9 Å². The first-order valence-electron chi connectivity index (χ1n) is 12.3. The first kappa shape index (κ1) is 23.0. The summed E-state index contributed by atoms with van der Waals surface area (Å²) >= 11 is 0. The minimum atomic E-state index is 0.245. The predicted octanol–water partition coefficient (Wildman–Crippen LogP) is 5.00. The third kappa shape index (κ3) is 5.79. The molecule has 0 saturated carbocycles. The lowest BCUT2D eigenvalue weighted by Gasteiger charge is -2.36. The van der Waals surface area contributed by atoms with Gasteiger partial charge < -0.3 is 9.80 Å². The highest BCUT2D eigenvalue weighted by molar-refractivity contribution is 5.96. The summed E-state index contributed by atoms with van der Waals surface area (Å²) in [6, 6.07) is 19.3. The second-order valence-electron chi connectivity index (χ2n) is 10.6. The molecule has 1 saturated heterocycles. The van der Waals surface area contributed by atoms with Crippen molar-refractivity contribution in [2.24, 2.45) is 5.41 Å². The number of fused-ring (bicyclic) bond motifs is 1. The number of hydrogen-bond donors (Lipinski definition) is 0. The number of benzene rings is 2. The lowest BCUT2D eigenvalue weighted by atomic mass is 9.87. The predicted molar refractivity (Wildman–Crippen MR) is 133 cm³/mol. The van der Waals surface area contributed by atoms with E-state index >= 15 is 0 Å². The molecule has 2 aliphatic rings. The molecule has 4 heteroatoms. The molecule has 1 fully saturated rings. The Morgan fingerprint density at radius 1 is 0.875 bits per heavy atom. The summed E-state index contributed by atoms with van der Waals surface area (Å²) in [5.74, 6) is 0.603. The van der Waals surface area contributed by atoms with Crippen LogP contribution in [-0.4, -0.2) is 61.5 Å². The Kier molecular flexibility index (Phi) is 7.32. The molecule has 0 aromatic heterocycles. The highest BCUT2D eigenvalue weighted by atomic mass is 16.2. The monoisotopic (exact) mass is 433 g/mol. The maximum absolute atomic E-state index is 13.4. The molecule has 32 heavy (non-hydrogen) atoms. The van der Waals surface area contributed by atoms with E-state index in [2.05, 4.69) is 90.1 Å². The zero-order chi connectivity index (χ0) is 22.6. The minimum Gasteiger partial charge on any atom is -0.311 e. The van der Waals surface area contributed by atoms with Gasteiger partial charge in [0, 0.05) is 44.3 Å². The van der Waals surface area contributed by atoms with Crippen LogP contribution < -0.4 is 4.90 Å². The van der Waals surface area contributed by atoms with E-state index in [9.17, 15) is 4.79 Å². The fraction of sp³-hybridized carbons (Fsp3) is 0.536. The summed E-state index contributed by atoms with van der Waals surface area (Å²) in [6.07, 6.45) is 3.33. The fourth-order valence-corrected chi connectivity index (χ4v) is 4.99. The lowest BCUT2D eigenvalue weighted by Crippen LogP contribution is -2.50. The Morgan fingerprint density at radius 2 is 1.53 bits per heavy atom. The summed E-state index contributed by atoms with van der Waals surface area (Å²) in [6.45, 7) is 13.5.